The topological polar surface area (TPSA) is 200 Å². The van der Waals surface area contributed by atoms with E-state index in [2.05, 4.69) is 41.7 Å². The van der Waals surface area contributed by atoms with Gasteiger partial charge in [-0.3, -0.25) is 28.8 Å². The number of hydrogen-bond donors (Lipinski definition) is 4. The number of azo groups is 2. The van der Waals surface area contributed by atoms with E-state index in [4.69, 9.17) is 92.8 Å². The molecular weight excluding hydrogens is 996 g/mol. The number of ketones is 2. The summed E-state index contributed by atoms with van der Waals surface area (Å²) in [4.78, 5) is 78.3. The van der Waals surface area contributed by atoms with Crippen LogP contribution >= 0.6 is 92.8 Å². The van der Waals surface area contributed by atoms with Gasteiger partial charge in [0, 0.05) is 21.4 Å². The van der Waals surface area contributed by atoms with Crippen LogP contribution in [0.25, 0.3) is 0 Å². The van der Waals surface area contributed by atoms with Crippen molar-refractivity contribution in [3.05, 3.63) is 135 Å². The lowest BCUT2D eigenvalue weighted by Gasteiger charge is -2.16. The lowest BCUT2D eigenvalue weighted by molar-refractivity contribution is -0.127. The van der Waals surface area contributed by atoms with Gasteiger partial charge in [-0.25, -0.2) is 0 Å². The first-order valence-electron chi connectivity index (χ1n) is 18.2. The van der Waals surface area contributed by atoms with E-state index < -0.39 is 47.3 Å². The standard InChI is InChI=1S/C42H30Cl8N8O6/c1-17-11-30(52-42(64)38(20(4)60)58-56-28-10-6-8-24(34(28)48)40(62)54-32-16-22(44)14-26(46)36(32)50)18(2)12-29(17)51-41(63)37(19(3)59)57-55-27-9-5-7-23(33(27)47)39(61)53-31-15-21(43)13-25(45)35(31)49/h5-16,37-38H,1-4H3,(H,51,63)(H,52,64)(H,53,61)(H,54,62). The van der Waals surface area contributed by atoms with E-state index in [9.17, 15) is 28.8 Å². The van der Waals surface area contributed by atoms with Crippen LogP contribution in [0.3, 0.4) is 0 Å². The Morgan fingerprint density at radius 1 is 0.469 bits per heavy atom. The molecule has 330 valence electrons. The van der Waals surface area contributed by atoms with Crippen molar-refractivity contribution in [1.82, 2.24) is 0 Å². The lowest BCUT2D eigenvalue weighted by Crippen LogP contribution is -2.32. The molecule has 0 spiro atoms. The highest BCUT2D eigenvalue weighted by Crippen LogP contribution is 2.37. The summed E-state index contributed by atoms with van der Waals surface area (Å²) in [5.41, 5.74) is 1.57. The van der Waals surface area contributed by atoms with Crippen LogP contribution < -0.4 is 21.3 Å². The van der Waals surface area contributed by atoms with E-state index in [1.54, 1.807) is 13.8 Å². The molecule has 0 heterocycles. The molecule has 0 aliphatic heterocycles. The zero-order valence-corrected chi connectivity index (χ0v) is 39.4. The van der Waals surface area contributed by atoms with E-state index in [0.29, 0.717) is 11.1 Å². The van der Waals surface area contributed by atoms with Gasteiger partial charge in [0.05, 0.1) is 52.6 Å². The fraction of sp³-hybridized carbons (Fsp3) is 0.143. The average molecular weight is 1030 g/mol. The summed E-state index contributed by atoms with van der Waals surface area (Å²) in [6.45, 7) is 5.53. The quantitative estimate of drug-likeness (QED) is 0.0484. The molecule has 22 heteroatoms. The molecule has 0 aliphatic carbocycles. The number of carbonyl (C=O) groups is 6. The molecule has 5 aromatic rings. The fourth-order valence-corrected chi connectivity index (χ4v) is 7.38. The van der Waals surface area contributed by atoms with Crippen LogP contribution in [0.2, 0.25) is 40.2 Å². The van der Waals surface area contributed by atoms with Crippen LogP contribution in [0.5, 0.6) is 0 Å². The normalized spacial score (nSPS) is 12.2. The maximum Gasteiger partial charge on any atom is 0.258 e. The molecule has 2 unspecified atom stereocenters. The number of hydrogen-bond acceptors (Lipinski definition) is 10. The first-order valence-corrected chi connectivity index (χ1v) is 21.2. The molecule has 2 atom stereocenters. The van der Waals surface area contributed by atoms with Gasteiger partial charge >= 0.3 is 0 Å². The van der Waals surface area contributed by atoms with Gasteiger partial charge in [-0.2, -0.15) is 20.5 Å². The Kier molecular flexibility index (Phi) is 16.9. The van der Waals surface area contributed by atoms with Crippen molar-refractivity contribution in [2.45, 2.75) is 39.8 Å². The summed E-state index contributed by atoms with van der Waals surface area (Å²) in [5.74, 6) is -4.38. The van der Waals surface area contributed by atoms with Crippen molar-refractivity contribution in [2.75, 3.05) is 21.3 Å². The van der Waals surface area contributed by atoms with E-state index >= 15 is 0 Å². The van der Waals surface area contributed by atoms with E-state index in [0.717, 1.165) is 13.8 Å². The van der Waals surface area contributed by atoms with Crippen molar-refractivity contribution in [3.63, 3.8) is 0 Å². The highest BCUT2D eigenvalue weighted by atomic mass is 35.5. The molecule has 4 amide bonds. The largest absolute Gasteiger partial charge is 0.324 e. The lowest BCUT2D eigenvalue weighted by atomic mass is 10.1. The average Bonchev–Trinajstić information content (AvgIpc) is 3.21. The van der Waals surface area contributed by atoms with E-state index in [-0.39, 0.29) is 85.4 Å². The molecule has 5 aromatic carbocycles. The highest BCUT2D eigenvalue weighted by molar-refractivity contribution is 6.46. The van der Waals surface area contributed by atoms with E-state index in [1.165, 1.54) is 72.8 Å². The van der Waals surface area contributed by atoms with Gasteiger partial charge in [0.2, 0.25) is 12.1 Å². The van der Waals surface area contributed by atoms with Gasteiger partial charge in [0.1, 0.15) is 11.4 Å². The minimum Gasteiger partial charge on any atom is -0.324 e. The predicted octanol–water partition coefficient (Wildman–Crippen LogP) is 13.4. The number of benzene rings is 5. The maximum atomic E-state index is 13.4. The SMILES string of the molecule is CC(=O)C(N=Nc1cccc(C(=O)Nc2cc(Cl)cc(Cl)c2Cl)c1Cl)C(=O)Nc1cc(C)c(NC(=O)C(N=Nc2cccc(C(=O)Nc3cc(Cl)cc(Cl)c3Cl)c2Cl)C(C)=O)cc1C. The second-order valence-corrected chi connectivity index (χ2v) is 16.8. The monoisotopic (exact) mass is 1020 g/mol. The molecule has 4 N–H and O–H groups in total. The highest BCUT2D eigenvalue weighted by Gasteiger charge is 2.27. The number of anilines is 4. The smallest absolute Gasteiger partial charge is 0.258 e. The Bertz CT molecular complexity index is 2630. The molecule has 0 saturated heterocycles. The van der Waals surface area contributed by atoms with Crippen molar-refractivity contribution in [2.24, 2.45) is 20.5 Å². The third-order valence-electron chi connectivity index (χ3n) is 8.84. The maximum absolute atomic E-state index is 13.4. The Morgan fingerprint density at radius 3 is 1.17 bits per heavy atom. The van der Waals surface area contributed by atoms with Crippen molar-refractivity contribution < 1.29 is 28.8 Å². The van der Waals surface area contributed by atoms with Gasteiger partial charge < -0.3 is 21.3 Å². The second kappa shape index (κ2) is 21.7. The Morgan fingerprint density at radius 2 is 0.828 bits per heavy atom. The fourth-order valence-electron chi connectivity index (χ4n) is 5.58. The van der Waals surface area contributed by atoms with Crippen molar-refractivity contribution >= 4 is 162 Å². The summed E-state index contributed by atoms with van der Waals surface area (Å²) in [6.07, 6.45) is 0. The number of amides is 4. The van der Waals surface area contributed by atoms with Gasteiger partial charge in [-0.05, 0) is 99.5 Å². The zero-order valence-electron chi connectivity index (χ0n) is 33.3. The molecule has 64 heavy (non-hydrogen) atoms. The van der Waals surface area contributed by atoms with Crippen LogP contribution in [0, 0.1) is 13.8 Å². The Hall–Kier alpha value is -5.16. The molecular formula is C42H30Cl8N8O6. The molecule has 0 bridgehead atoms. The summed E-state index contributed by atoms with van der Waals surface area (Å²) in [7, 11) is 0. The van der Waals surface area contributed by atoms with Gasteiger partial charge in [-0.15, -0.1) is 0 Å². The third-order valence-corrected chi connectivity index (χ3v) is 11.7. The van der Waals surface area contributed by atoms with Crippen molar-refractivity contribution in [3.8, 4) is 0 Å². The minimum atomic E-state index is -1.63. The number of nitrogens with one attached hydrogen (secondary N) is 4. The third kappa shape index (κ3) is 12.1. The molecule has 0 aromatic heterocycles. The molecule has 5 rings (SSSR count). The molecule has 14 nitrogen and oxygen atoms in total. The summed E-state index contributed by atoms with van der Waals surface area (Å²) in [6, 6.07) is 14.0. The first kappa shape index (κ1) is 49.8. The van der Waals surface area contributed by atoms with E-state index in [1.807, 2.05) is 0 Å². The number of nitrogens with zero attached hydrogens (tertiary/aromatic N) is 4. The molecule has 0 aliphatic rings. The number of rotatable bonds is 14. The van der Waals surface area contributed by atoms with Crippen molar-refractivity contribution in [1.29, 1.82) is 0 Å². The molecule has 0 fully saturated rings. The minimum absolute atomic E-state index is 0.0232. The summed E-state index contributed by atoms with van der Waals surface area (Å²) in [5, 5.41) is 26.9. The molecule has 0 saturated carbocycles. The predicted molar refractivity (Wildman–Crippen MR) is 253 cm³/mol. The Balaban J connectivity index is 1.28. The van der Waals surface area contributed by atoms with Crippen LogP contribution in [-0.2, 0) is 19.2 Å². The number of aryl methyl sites for hydroxylation is 2. The van der Waals surface area contributed by atoms with Crippen LogP contribution in [0.15, 0.2) is 93.3 Å². The first-order chi connectivity index (χ1) is 30.2. The number of Topliss-reactive ketones (excluding diaryl/α,β-unsaturated/α-hetero) is 2. The number of carbonyl (C=O) groups excluding carboxylic acids is 6. The summed E-state index contributed by atoms with van der Waals surface area (Å²) < 4.78 is 0. The van der Waals surface area contributed by atoms with Crippen LogP contribution in [-0.4, -0.2) is 47.3 Å². The van der Waals surface area contributed by atoms with Gasteiger partial charge in [-0.1, -0.05) is 105 Å². The summed E-state index contributed by atoms with van der Waals surface area (Å²) >= 11 is 49.6. The molecule has 0 radical (unpaired) electrons. The van der Waals surface area contributed by atoms with Gasteiger partial charge in [0.15, 0.2) is 11.6 Å². The zero-order chi connectivity index (χ0) is 47.2. The van der Waals surface area contributed by atoms with Crippen LogP contribution in [0.1, 0.15) is 45.7 Å². The Labute approximate surface area is 405 Å². The number of halogens is 8. The second-order valence-electron chi connectivity index (χ2n) is 13.6. The van der Waals surface area contributed by atoms with Crippen LogP contribution in [0.4, 0.5) is 34.1 Å². The van der Waals surface area contributed by atoms with Gasteiger partial charge in [0.25, 0.3) is 23.6 Å².